The van der Waals surface area contributed by atoms with E-state index in [0.29, 0.717) is 13.1 Å². The molecule has 1 saturated heterocycles. The van der Waals surface area contributed by atoms with E-state index >= 15 is 0 Å². The van der Waals surface area contributed by atoms with Crippen molar-refractivity contribution in [2.45, 2.75) is 64.5 Å². The molecule has 128 valence electrons. The van der Waals surface area contributed by atoms with E-state index in [-0.39, 0.29) is 11.7 Å². The number of nitrogens with zero attached hydrogens (tertiary/aromatic N) is 1. The van der Waals surface area contributed by atoms with Gasteiger partial charge in [-0.25, -0.2) is 4.79 Å². The lowest BCUT2D eigenvalue weighted by Gasteiger charge is -2.37. The summed E-state index contributed by atoms with van der Waals surface area (Å²) < 4.78 is 5.42. The second kappa shape index (κ2) is 6.21. The number of piperidine rings is 1. The Morgan fingerprint density at radius 1 is 1.35 bits per heavy atom. The third kappa shape index (κ3) is 5.29. The van der Waals surface area contributed by atoms with Gasteiger partial charge in [-0.2, -0.15) is 0 Å². The quantitative estimate of drug-likeness (QED) is 0.546. The minimum Gasteiger partial charge on any atom is -0.444 e. The first-order valence-corrected chi connectivity index (χ1v) is 11.7. The number of hydrogen-bond donors (Lipinski definition) is 1. The van der Waals surface area contributed by atoms with E-state index < -0.39 is 13.7 Å². The van der Waals surface area contributed by atoms with E-state index in [0.717, 1.165) is 18.5 Å². The molecule has 0 aliphatic carbocycles. The molecule has 0 bridgehead atoms. The highest BCUT2D eigenvalue weighted by Gasteiger charge is 2.40. The lowest BCUT2D eigenvalue weighted by molar-refractivity contribution is -0.0740. The minimum atomic E-state index is -1.40. The summed E-state index contributed by atoms with van der Waals surface area (Å²) in [5.41, 5.74) is 6.32. The zero-order chi connectivity index (χ0) is 17.3. The standard InChI is InChI=1S/C17H28N2O3Si/c1-16(2,3)21-15(20)19-10-8-17(9-11-19)13-14(18-22-17)7-12-23(4,5)6/h13,18H,8-11H2,1-6H3. The zero-order valence-electron chi connectivity index (χ0n) is 15.1. The van der Waals surface area contributed by atoms with Gasteiger partial charge in [0.15, 0.2) is 0 Å². The molecule has 6 heteroatoms. The summed E-state index contributed by atoms with van der Waals surface area (Å²) in [6, 6.07) is 0. The third-order valence-corrected chi connectivity index (χ3v) is 4.48. The van der Waals surface area contributed by atoms with E-state index in [1.54, 1.807) is 4.90 Å². The van der Waals surface area contributed by atoms with Crippen molar-refractivity contribution in [3.63, 3.8) is 0 Å². The summed E-state index contributed by atoms with van der Waals surface area (Å²) in [7, 11) is -1.40. The number of rotatable bonds is 0. The summed E-state index contributed by atoms with van der Waals surface area (Å²) >= 11 is 0. The summed E-state index contributed by atoms with van der Waals surface area (Å²) in [5, 5.41) is 0. The number of ether oxygens (including phenoxy) is 1. The molecule has 2 aliphatic rings. The van der Waals surface area contributed by atoms with Crippen LogP contribution in [0.5, 0.6) is 0 Å². The van der Waals surface area contributed by atoms with Crippen molar-refractivity contribution >= 4 is 14.2 Å². The molecule has 1 amide bonds. The first-order valence-electron chi connectivity index (χ1n) is 8.16. The molecule has 2 heterocycles. The SMILES string of the molecule is CC(C)(C)OC(=O)N1CCC2(C=C(C#C[Si](C)(C)C)NO2)CC1. The predicted octanol–water partition coefficient (Wildman–Crippen LogP) is 3.06. The highest BCUT2D eigenvalue weighted by atomic mass is 28.3. The van der Waals surface area contributed by atoms with E-state index in [4.69, 9.17) is 9.57 Å². The molecule has 0 aromatic carbocycles. The first kappa shape index (κ1) is 17.9. The van der Waals surface area contributed by atoms with Gasteiger partial charge < -0.3 is 9.64 Å². The second-order valence-corrected chi connectivity index (χ2v) is 13.0. The van der Waals surface area contributed by atoms with Gasteiger partial charge in [0.1, 0.15) is 25.0 Å². The van der Waals surface area contributed by atoms with E-state index in [1.165, 1.54) is 0 Å². The molecule has 23 heavy (non-hydrogen) atoms. The van der Waals surface area contributed by atoms with E-state index in [9.17, 15) is 4.79 Å². The van der Waals surface area contributed by atoms with Crippen LogP contribution in [0.4, 0.5) is 4.79 Å². The molecular weight excluding hydrogens is 308 g/mol. The minimum absolute atomic E-state index is 0.249. The average Bonchev–Trinajstić information content (AvgIpc) is 2.78. The number of amides is 1. The van der Waals surface area contributed by atoms with Crippen LogP contribution >= 0.6 is 0 Å². The molecule has 0 aromatic rings. The molecule has 2 aliphatic heterocycles. The fourth-order valence-corrected chi connectivity index (χ4v) is 2.95. The van der Waals surface area contributed by atoms with E-state index in [2.05, 4.69) is 42.7 Å². The second-order valence-electron chi connectivity index (χ2n) is 8.29. The maximum Gasteiger partial charge on any atom is 0.410 e. The van der Waals surface area contributed by atoms with Crippen LogP contribution < -0.4 is 5.48 Å². The number of allylic oxidation sites excluding steroid dienone is 1. The molecule has 5 nitrogen and oxygen atoms in total. The molecule has 0 radical (unpaired) electrons. The van der Waals surface area contributed by atoms with Crippen LogP contribution in [0.25, 0.3) is 0 Å². The van der Waals surface area contributed by atoms with Gasteiger partial charge in [-0.3, -0.25) is 10.3 Å². The topological polar surface area (TPSA) is 50.8 Å². The van der Waals surface area contributed by atoms with Crippen LogP contribution in [0.1, 0.15) is 33.6 Å². The highest BCUT2D eigenvalue weighted by Crippen LogP contribution is 2.32. The van der Waals surface area contributed by atoms with E-state index in [1.807, 2.05) is 20.8 Å². The maximum absolute atomic E-state index is 12.1. The fraction of sp³-hybridized carbons (Fsp3) is 0.706. The van der Waals surface area contributed by atoms with Crippen molar-refractivity contribution in [2.75, 3.05) is 13.1 Å². The van der Waals surface area contributed by atoms with Crippen molar-refractivity contribution in [3.8, 4) is 11.5 Å². The Morgan fingerprint density at radius 2 is 1.96 bits per heavy atom. The Hall–Kier alpha value is -1.45. The van der Waals surface area contributed by atoms with Crippen molar-refractivity contribution in [1.29, 1.82) is 0 Å². The molecule has 0 aromatic heterocycles. The van der Waals surface area contributed by atoms with Gasteiger partial charge >= 0.3 is 6.09 Å². The number of hydrogen-bond acceptors (Lipinski definition) is 4. The average molecular weight is 337 g/mol. The van der Waals surface area contributed by atoms with Gasteiger partial charge in [0.05, 0.1) is 0 Å². The smallest absolute Gasteiger partial charge is 0.410 e. The van der Waals surface area contributed by atoms with Crippen molar-refractivity contribution in [2.24, 2.45) is 0 Å². The maximum atomic E-state index is 12.1. The molecule has 1 N–H and O–H groups in total. The number of carbonyl (C=O) groups is 1. The van der Waals surface area contributed by atoms with Crippen molar-refractivity contribution in [3.05, 3.63) is 11.8 Å². The van der Waals surface area contributed by atoms with Crippen LogP contribution in [0, 0.1) is 11.5 Å². The fourth-order valence-electron chi connectivity index (χ4n) is 2.44. The van der Waals surface area contributed by atoms with Gasteiger partial charge in [0.25, 0.3) is 0 Å². The summed E-state index contributed by atoms with van der Waals surface area (Å²) in [6.07, 6.45) is 3.32. The van der Waals surface area contributed by atoms with Gasteiger partial charge in [-0.05, 0) is 26.8 Å². The first-order chi connectivity index (χ1) is 10.5. The van der Waals surface area contributed by atoms with Gasteiger partial charge in [-0.1, -0.05) is 25.6 Å². The Kier molecular flexibility index (Phi) is 4.83. The van der Waals surface area contributed by atoms with Crippen LogP contribution in [-0.2, 0) is 9.57 Å². The van der Waals surface area contributed by atoms with Crippen molar-refractivity contribution < 1.29 is 14.4 Å². The zero-order valence-corrected chi connectivity index (χ0v) is 16.1. The molecular formula is C17H28N2O3Si. The molecule has 0 saturated carbocycles. The molecule has 0 atom stereocenters. The van der Waals surface area contributed by atoms with Crippen LogP contribution in [0.2, 0.25) is 19.6 Å². The number of carbonyl (C=O) groups excluding carboxylic acids is 1. The summed E-state index contributed by atoms with van der Waals surface area (Å²) in [4.78, 5) is 19.6. The Morgan fingerprint density at radius 3 is 2.48 bits per heavy atom. The number of nitrogens with one attached hydrogen (secondary N) is 1. The largest absolute Gasteiger partial charge is 0.444 e. The number of hydroxylamine groups is 1. The number of likely N-dealkylation sites (tertiary alicyclic amines) is 1. The van der Waals surface area contributed by atoms with Gasteiger partial charge in [-0.15, -0.1) is 5.54 Å². The predicted molar refractivity (Wildman–Crippen MR) is 93.2 cm³/mol. The Labute approximate surface area is 140 Å². The van der Waals surface area contributed by atoms with Crippen LogP contribution in [0.15, 0.2) is 11.8 Å². The summed E-state index contributed by atoms with van der Waals surface area (Å²) in [5.74, 6) is 3.19. The van der Waals surface area contributed by atoms with Crippen LogP contribution in [-0.4, -0.2) is 43.4 Å². The monoisotopic (exact) mass is 336 g/mol. The molecule has 1 spiro atoms. The third-order valence-electron chi connectivity index (χ3n) is 3.61. The lowest BCUT2D eigenvalue weighted by atomic mass is 9.91. The molecule has 2 rings (SSSR count). The summed E-state index contributed by atoms with van der Waals surface area (Å²) in [6.45, 7) is 13.5. The van der Waals surface area contributed by atoms with Gasteiger partial charge in [0, 0.05) is 25.9 Å². The Balaban J connectivity index is 1.95. The lowest BCUT2D eigenvalue weighted by Crippen LogP contribution is -2.48. The van der Waals surface area contributed by atoms with Gasteiger partial charge in [0.2, 0.25) is 0 Å². The Bertz CT molecular complexity index is 553. The highest BCUT2D eigenvalue weighted by molar-refractivity contribution is 6.83. The molecule has 0 unspecified atom stereocenters. The van der Waals surface area contributed by atoms with Crippen LogP contribution in [0.3, 0.4) is 0 Å². The van der Waals surface area contributed by atoms with Crippen molar-refractivity contribution in [1.82, 2.24) is 10.4 Å². The normalized spacial score (nSPS) is 20.4. The molecule has 1 fully saturated rings.